The van der Waals surface area contributed by atoms with Crippen LogP contribution >= 0.6 is 0 Å². The summed E-state index contributed by atoms with van der Waals surface area (Å²) in [5, 5.41) is 3.07. The van der Waals surface area contributed by atoms with Gasteiger partial charge in [-0.25, -0.2) is 0 Å². The molecule has 0 amide bonds. The van der Waals surface area contributed by atoms with Gasteiger partial charge in [0.25, 0.3) is 0 Å². The summed E-state index contributed by atoms with van der Waals surface area (Å²) in [6.07, 6.45) is -0.784. The fourth-order valence-electron chi connectivity index (χ4n) is 3.49. The minimum atomic E-state index is -4.35. The smallest absolute Gasteiger partial charge is 0.373 e. The molecule has 1 aromatic carbocycles. The molecule has 1 atom stereocenters. The van der Waals surface area contributed by atoms with Crippen molar-refractivity contribution >= 4 is 0 Å². The molecular weight excluding hydrogens is 279 g/mol. The molecule has 0 aromatic heterocycles. The molecule has 21 heavy (non-hydrogen) atoms. The summed E-state index contributed by atoms with van der Waals surface area (Å²) in [4.78, 5) is 0. The maximum absolute atomic E-state index is 13.3. The third kappa shape index (κ3) is 3.24. The minimum Gasteiger partial charge on any atom is -0.373 e. The third-order valence-electron chi connectivity index (χ3n) is 4.27. The monoisotopic (exact) mass is 301 g/mol. The molecule has 118 valence electrons. The average molecular weight is 301 g/mol. The highest BCUT2D eigenvalue weighted by molar-refractivity contribution is 5.34. The van der Waals surface area contributed by atoms with Crippen LogP contribution in [0.2, 0.25) is 0 Å². The van der Waals surface area contributed by atoms with Crippen LogP contribution < -0.4 is 5.32 Å². The van der Waals surface area contributed by atoms with E-state index in [9.17, 15) is 13.2 Å². The molecule has 2 rings (SSSR count). The number of nitrogens with one attached hydrogen (secondary N) is 1. The van der Waals surface area contributed by atoms with Crippen molar-refractivity contribution in [3.8, 4) is 0 Å². The van der Waals surface area contributed by atoms with Crippen molar-refractivity contribution in [1.82, 2.24) is 5.32 Å². The second kappa shape index (κ2) is 6.36. The van der Waals surface area contributed by atoms with Crippen molar-refractivity contribution in [2.24, 2.45) is 0 Å². The van der Waals surface area contributed by atoms with Crippen LogP contribution in [0.1, 0.15) is 49.8 Å². The van der Waals surface area contributed by atoms with Gasteiger partial charge in [0, 0.05) is 6.61 Å². The van der Waals surface area contributed by atoms with Gasteiger partial charge in [-0.05, 0) is 38.4 Å². The molecule has 0 bridgehead atoms. The van der Waals surface area contributed by atoms with Crippen LogP contribution in [-0.2, 0) is 10.9 Å². The summed E-state index contributed by atoms with van der Waals surface area (Å²) in [5.74, 6) is 0. The Morgan fingerprint density at radius 1 is 1.24 bits per heavy atom. The lowest BCUT2D eigenvalue weighted by Gasteiger charge is -2.38. The standard InChI is InChI=1S/C16H22F3NO/c1-3-21-15(10-6-7-11-15)14(20-2)12-8-4-5-9-13(12)16(17,18)19/h4-5,8-9,14,20H,3,6-7,10-11H2,1-2H3. The first kappa shape index (κ1) is 16.3. The Kier molecular flexibility index (Phi) is 4.94. The fourth-order valence-corrected chi connectivity index (χ4v) is 3.49. The molecule has 0 saturated heterocycles. The summed E-state index contributed by atoms with van der Waals surface area (Å²) in [7, 11) is 1.71. The number of ether oxygens (including phenoxy) is 1. The highest BCUT2D eigenvalue weighted by Gasteiger charge is 2.45. The van der Waals surface area contributed by atoms with E-state index in [0.29, 0.717) is 6.61 Å². The van der Waals surface area contributed by atoms with Gasteiger partial charge in [-0.2, -0.15) is 13.2 Å². The molecule has 1 aliphatic rings. The second-order valence-corrected chi connectivity index (χ2v) is 5.51. The number of hydrogen-bond donors (Lipinski definition) is 1. The number of halogens is 3. The van der Waals surface area contributed by atoms with Crippen LogP contribution in [0, 0.1) is 0 Å². The van der Waals surface area contributed by atoms with Gasteiger partial charge in [0.2, 0.25) is 0 Å². The number of benzene rings is 1. The Morgan fingerprint density at radius 3 is 2.38 bits per heavy atom. The molecule has 0 aliphatic heterocycles. The lowest BCUT2D eigenvalue weighted by atomic mass is 9.84. The topological polar surface area (TPSA) is 21.3 Å². The average Bonchev–Trinajstić information content (AvgIpc) is 2.89. The van der Waals surface area contributed by atoms with Crippen LogP contribution in [0.3, 0.4) is 0 Å². The molecular formula is C16H22F3NO. The Hall–Kier alpha value is -1.07. The quantitative estimate of drug-likeness (QED) is 0.874. The molecule has 1 aromatic rings. The predicted octanol–water partition coefficient (Wildman–Crippen LogP) is 4.32. The predicted molar refractivity (Wildman–Crippen MR) is 76.1 cm³/mol. The molecule has 1 unspecified atom stereocenters. The molecule has 0 heterocycles. The first-order valence-electron chi connectivity index (χ1n) is 7.42. The zero-order valence-corrected chi connectivity index (χ0v) is 12.5. The van der Waals surface area contributed by atoms with E-state index in [2.05, 4.69) is 5.32 Å². The minimum absolute atomic E-state index is 0.280. The lowest BCUT2D eigenvalue weighted by Crippen LogP contribution is -2.44. The number of alkyl halides is 3. The molecule has 2 nitrogen and oxygen atoms in total. The number of rotatable bonds is 5. The van der Waals surface area contributed by atoms with Crippen LogP contribution in [0.15, 0.2) is 24.3 Å². The SMILES string of the molecule is CCOC1(C(NC)c2ccccc2C(F)(F)F)CCCC1. The van der Waals surface area contributed by atoms with Crippen LogP contribution in [0.25, 0.3) is 0 Å². The van der Waals surface area contributed by atoms with Gasteiger partial charge in [0.1, 0.15) is 0 Å². The van der Waals surface area contributed by atoms with E-state index in [0.717, 1.165) is 31.7 Å². The van der Waals surface area contributed by atoms with Crippen molar-refractivity contribution in [3.05, 3.63) is 35.4 Å². The van der Waals surface area contributed by atoms with E-state index in [-0.39, 0.29) is 5.56 Å². The first-order valence-corrected chi connectivity index (χ1v) is 7.42. The summed E-state index contributed by atoms with van der Waals surface area (Å²) in [5.41, 5.74) is -0.830. The van der Waals surface area contributed by atoms with E-state index < -0.39 is 23.4 Å². The Labute approximate surface area is 123 Å². The molecule has 1 aliphatic carbocycles. The maximum Gasteiger partial charge on any atom is 0.416 e. The third-order valence-corrected chi connectivity index (χ3v) is 4.27. The van der Waals surface area contributed by atoms with E-state index >= 15 is 0 Å². The molecule has 0 radical (unpaired) electrons. The van der Waals surface area contributed by atoms with Gasteiger partial charge in [-0.1, -0.05) is 31.0 Å². The van der Waals surface area contributed by atoms with Gasteiger partial charge >= 0.3 is 6.18 Å². The largest absolute Gasteiger partial charge is 0.416 e. The highest BCUT2D eigenvalue weighted by atomic mass is 19.4. The molecule has 1 saturated carbocycles. The van der Waals surface area contributed by atoms with Crippen LogP contribution in [0.4, 0.5) is 13.2 Å². The van der Waals surface area contributed by atoms with Gasteiger partial charge in [-0.3, -0.25) is 0 Å². The van der Waals surface area contributed by atoms with Crippen molar-refractivity contribution < 1.29 is 17.9 Å². The highest BCUT2D eigenvalue weighted by Crippen LogP contribution is 2.45. The van der Waals surface area contributed by atoms with E-state index in [1.807, 2.05) is 6.92 Å². The Morgan fingerprint density at radius 2 is 1.86 bits per heavy atom. The van der Waals surface area contributed by atoms with Gasteiger partial charge in [0.15, 0.2) is 0 Å². The van der Waals surface area contributed by atoms with E-state index in [1.165, 1.54) is 6.07 Å². The van der Waals surface area contributed by atoms with Crippen molar-refractivity contribution in [1.29, 1.82) is 0 Å². The normalized spacial score (nSPS) is 19.7. The number of hydrogen-bond acceptors (Lipinski definition) is 2. The zero-order valence-electron chi connectivity index (χ0n) is 12.5. The second-order valence-electron chi connectivity index (χ2n) is 5.51. The summed E-state index contributed by atoms with van der Waals surface area (Å²) < 4.78 is 45.8. The van der Waals surface area contributed by atoms with Gasteiger partial charge < -0.3 is 10.1 Å². The van der Waals surface area contributed by atoms with Crippen LogP contribution in [-0.4, -0.2) is 19.3 Å². The van der Waals surface area contributed by atoms with E-state index in [4.69, 9.17) is 4.74 Å². The zero-order chi connectivity index (χ0) is 15.5. The van der Waals surface area contributed by atoms with Gasteiger partial charge in [-0.15, -0.1) is 0 Å². The Bertz CT molecular complexity index is 467. The van der Waals surface area contributed by atoms with Crippen LogP contribution in [0.5, 0.6) is 0 Å². The summed E-state index contributed by atoms with van der Waals surface area (Å²) in [6.45, 7) is 2.40. The molecule has 1 N–H and O–H groups in total. The first-order chi connectivity index (χ1) is 9.94. The summed E-state index contributed by atoms with van der Waals surface area (Å²) >= 11 is 0. The Balaban J connectivity index is 2.46. The fraction of sp³-hybridized carbons (Fsp3) is 0.625. The number of likely N-dealkylation sites (N-methyl/N-ethyl adjacent to an activating group) is 1. The maximum atomic E-state index is 13.3. The van der Waals surface area contributed by atoms with E-state index in [1.54, 1.807) is 19.2 Å². The van der Waals surface area contributed by atoms with Crippen molar-refractivity contribution in [2.75, 3.05) is 13.7 Å². The molecule has 0 spiro atoms. The molecule has 1 fully saturated rings. The van der Waals surface area contributed by atoms with Gasteiger partial charge in [0.05, 0.1) is 17.2 Å². The molecule has 5 heteroatoms. The summed E-state index contributed by atoms with van der Waals surface area (Å²) in [6, 6.07) is 5.35. The van der Waals surface area contributed by atoms with Crippen molar-refractivity contribution in [3.63, 3.8) is 0 Å². The van der Waals surface area contributed by atoms with Crippen molar-refractivity contribution in [2.45, 2.75) is 50.4 Å². The lowest BCUT2D eigenvalue weighted by molar-refractivity contribution is -0.139.